The van der Waals surface area contributed by atoms with E-state index in [4.69, 9.17) is 9.84 Å². The lowest BCUT2D eigenvalue weighted by Gasteiger charge is -2.18. The standard InChI is InChI=1S/C13H12N2O4/c1-19-10-4-2-3-8-9(7-14)15(6-5-11(16)17)13(18)12(8)10/h2-4,9H,5-6H2,1H3,(H,16,17). The smallest absolute Gasteiger partial charge is 0.305 e. The molecular formula is C13H12N2O4. The molecule has 1 unspecified atom stereocenters. The first kappa shape index (κ1) is 12.9. The molecule has 0 saturated heterocycles. The zero-order valence-electron chi connectivity index (χ0n) is 10.3. The van der Waals surface area contributed by atoms with Gasteiger partial charge in [-0.3, -0.25) is 9.59 Å². The van der Waals surface area contributed by atoms with Crippen molar-refractivity contribution in [3.8, 4) is 11.8 Å². The average molecular weight is 260 g/mol. The van der Waals surface area contributed by atoms with Crippen molar-refractivity contribution >= 4 is 11.9 Å². The molecule has 0 saturated carbocycles. The van der Waals surface area contributed by atoms with Crippen LogP contribution in [0.4, 0.5) is 0 Å². The van der Waals surface area contributed by atoms with Gasteiger partial charge in [-0.25, -0.2) is 0 Å². The Morgan fingerprint density at radius 3 is 2.89 bits per heavy atom. The van der Waals surface area contributed by atoms with Gasteiger partial charge >= 0.3 is 5.97 Å². The van der Waals surface area contributed by atoms with Crippen molar-refractivity contribution < 1.29 is 19.4 Å². The van der Waals surface area contributed by atoms with Crippen LogP contribution in [-0.4, -0.2) is 35.5 Å². The number of hydrogen-bond donors (Lipinski definition) is 1. The van der Waals surface area contributed by atoms with Gasteiger partial charge in [0.15, 0.2) is 0 Å². The van der Waals surface area contributed by atoms with Crippen LogP contribution in [0.5, 0.6) is 5.75 Å². The third kappa shape index (κ3) is 2.10. The SMILES string of the molecule is COc1cccc2c1C(=O)N(CCC(=O)O)C2C#N. The number of carboxylic acids is 1. The second-order valence-corrected chi connectivity index (χ2v) is 4.10. The van der Waals surface area contributed by atoms with Crippen molar-refractivity contribution in [2.45, 2.75) is 12.5 Å². The number of amides is 1. The predicted molar refractivity (Wildman–Crippen MR) is 64.6 cm³/mol. The van der Waals surface area contributed by atoms with E-state index in [1.807, 2.05) is 6.07 Å². The molecule has 6 nitrogen and oxygen atoms in total. The normalized spacial score (nSPS) is 16.9. The van der Waals surface area contributed by atoms with Gasteiger partial charge in [-0.1, -0.05) is 12.1 Å². The van der Waals surface area contributed by atoms with E-state index >= 15 is 0 Å². The number of carbonyl (C=O) groups is 2. The predicted octanol–water partition coefficient (Wildman–Crippen LogP) is 1.19. The van der Waals surface area contributed by atoms with Gasteiger partial charge in [-0.15, -0.1) is 0 Å². The number of rotatable bonds is 4. The molecule has 1 heterocycles. The maximum atomic E-state index is 12.3. The zero-order valence-corrected chi connectivity index (χ0v) is 10.3. The molecule has 1 aromatic rings. The fourth-order valence-corrected chi connectivity index (χ4v) is 2.19. The highest BCUT2D eigenvalue weighted by molar-refractivity contribution is 6.02. The van der Waals surface area contributed by atoms with Gasteiger partial charge in [0.2, 0.25) is 0 Å². The first-order chi connectivity index (χ1) is 9.10. The van der Waals surface area contributed by atoms with E-state index in [0.29, 0.717) is 16.9 Å². The van der Waals surface area contributed by atoms with Crippen LogP contribution in [-0.2, 0) is 4.79 Å². The fourth-order valence-electron chi connectivity index (χ4n) is 2.19. The second-order valence-electron chi connectivity index (χ2n) is 4.10. The van der Waals surface area contributed by atoms with Gasteiger partial charge in [-0.05, 0) is 6.07 Å². The summed E-state index contributed by atoms with van der Waals surface area (Å²) in [5.41, 5.74) is 0.916. The molecule has 0 aromatic heterocycles. The Morgan fingerprint density at radius 1 is 1.58 bits per heavy atom. The van der Waals surface area contributed by atoms with E-state index in [0.717, 1.165) is 0 Å². The number of fused-ring (bicyclic) bond motifs is 1. The van der Waals surface area contributed by atoms with Gasteiger partial charge in [0.25, 0.3) is 5.91 Å². The number of methoxy groups -OCH3 is 1. The van der Waals surface area contributed by atoms with E-state index < -0.39 is 12.0 Å². The summed E-state index contributed by atoms with van der Waals surface area (Å²) < 4.78 is 5.12. The summed E-state index contributed by atoms with van der Waals surface area (Å²) in [4.78, 5) is 24.1. The molecule has 98 valence electrons. The van der Waals surface area contributed by atoms with Crippen molar-refractivity contribution in [2.24, 2.45) is 0 Å². The van der Waals surface area contributed by atoms with Crippen molar-refractivity contribution in [1.82, 2.24) is 4.90 Å². The molecule has 0 spiro atoms. The number of hydrogen-bond acceptors (Lipinski definition) is 4. The molecule has 1 amide bonds. The number of benzene rings is 1. The number of ether oxygens (including phenoxy) is 1. The molecule has 19 heavy (non-hydrogen) atoms. The molecule has 1 aliphatic heterocycles. The molecule has 0 fully saturated rings. The van der Waals surface area contributed by atoms with Crippen LogP contribution >= 0.6 is 0 Å². The first-order valence-electron chi connectivity index (χ1n) is 5.69. The summed E-state index contributed by atoms with van der Waals surface area (Å²) in [7, 11) is 1.45. The molecule has 0 bridgehead atoms. The lowest BCUT2D eigenvalue weighted by molar-refractivity contribution is -0.137. The summed E-state index contributed by atoms with van der Waals surface area (Å²) in [6.07, 6.45) is -0.194. The summed E-state index contributed by atoms with van der Waals surface area (Å²) >= 11 is 0. The van der Waals surface area contributed by atoms with Crippen LogP contribution in [0.1, 0.15) is 28.4 Å². The van der Waals surface area contributed by atoms with Crippen LogP contribution in [0, 0.1) is 11.3 Å². The highest BCUT2D eigenvalue weighted by Gasteiger charge is 2.38. The minimum absolute atomic E-state index is 0.00419. The number of aliphatic carboxylic acids is 1. The van der Waals surface area contributed by atoms with E-state index in [2.05, 4.69) is 0 Å². The maximum absolute atomic E-state index is 12.3. The molecule has 0 radical (unpaired) electrons. The van der Waals surface area contributed by atoms with Crippen molar-refractivity contribution in [2.75, 3.05) is 13.7 Å². The molecule has 1 atom stereocenters. The minimum atomic E-state index is -1.01. The molecule has 1 aromatic carbocycles. The van der Waals surface area contributed by atoms with Gasteiger partial charge < -0.3 is 14.7 Å². The minimum Gasteiger partial charge on any atom is -0.496 e. The largest absolute Gasteiger partial charge is 0.496 e. The second kappa shape index (κ2) is 4.98. The van der Waals surface area contributed by atoms with E-state index in [9.17, 15) is 14.9 Å². The third-order valence-electron chi connectivity index (χ3n) is 3.05. The van der Waals surface area contributed by atoms with E-state index in [-0.39, 0.29) is 18.9 Å². The molecule has 6 heteroatoms. The monoisotopic (exact) mass is 260 g/mol. The van der Waals surface area contributed by atoms with E-state index in [1.165, 1.54) is 12.0 Å². The molecule has 2 rings (SSSR count). The summed E-state index contributed by atoms with van der Waals surface area (Å²) in [6.45, 7) is 0.00419. The van der Waals surface area contributed by atoms with Crippen molar-refractivity contribution in [1.29, 1.82) is 5.26 Å². The third-order valence-corrected chi connectivity index (χ3v) is 3.05. The van der Waals surface area contributed by atoms with Gasteiger partial charge in [0, 0.05) is 12.1 Å². The quantitative estimate of drug-likeness (QED) is 0.878. The summed E-state index contributed by atoms with van der Waals surface area (Å²) in [6, 6.07) is 6.31. The maximum Gasteiger partial charge on any atom is 0.305 e. The van der Waals surface area contributed by atoms with Crippen LogP contribution in [0.25, 0.3) is 0 Å². The highest BCUT2D eigenvalue weighted by Crippen LogP contribution is 2.38. The number of nitriles is 1. The lowest BCUT2D eigenvalue weighted by Crippen LogP contribution is -2.29. The fraction of sp³-hybridized carbons (Fsp3) is 0.308. The Labute approximate surface area is 109 Å². The molecule has 0 aliphatic carbocycles. The Kier molecular flexibility index (Phi) is 3.38. The van der Waals surface area contributed by atoms with Gasteiger partial charge in [0.1, 0.15) is 11.8 Å². The van der Waals surface area contributed by atoms with Crippen molar-refractivity contribution in [3.63, 3.8) is 0 Å². The highest BCUT2D eigenvalue weighted by atomic mass is 16.5. The summed E-state index contributed by atoms with van der Waals surface area (Å²) in [5.74, 6) is -0.965. The summed E-state index contributed by atoms with van der Waals surface area (Å²) in [5, 5.41) is 17.9. The Balaban J connectivity index is 2.40. The number of nitrogens with zero attached hydrogens (tertiary/aromatic N) is 2. The number of carbonyl (C=O) groups excluding carboxylic acids is 1. The Hall–Kier alpha value is -2.55. The van der Waals surface area contributed by atoms with E-state index in [1.54, 1.807) is 18.2 Å². The van der Waals surface area contributed by atoms with Crippen LogP contribution < -0.4 is 4.74 Å². The topological polar surface area (TPSA) is 90.6 Å². The molecule has 1 N–H and O–H groups in total. The van der Waals surface area contributed by atoms with Crippen LogP contribution in [0.15, 0.2) is 18.2 Å². The zero-order chi connectivity index (χ0) is 14.0. The molecular weight excluding hydrogens is 248 g/mol. The first-order valence-corrected chi connectivity index (χ1v) is 5.69. The Morgan fingerprint density at radius 2 is 2.32 bits per heavy atom. The Bertz CT molecular complexity index is 576. The van der Waals surface area contributed by atoms with Crippen LogP contribution in [0.2, 0.25) is 0 Å². The van der Waals surface area contributed by atoms with Crippen molar-refractivity contribution in [3.05, 3.63) is 29.3 Å². The molecule has 1 aliphatic rings. The van der Waals surface area contributed by atoms with Gasteiger partial charge in [-0.2, -0.15) is 5.26 Å². The van der Waals surface area contributed by atoms with Crippen LogP contribution in [0.3, 0.4) is 0 Å². The van der Waals surface area contributed by atoms with Gasteiger partial charge in [0.05, 0.1) is 25.2 Å². The number of carboxylic acid groups (broad SMARTS) is 1. The average Bonchev–Trinajstić information content (AvgIpc) is 2.68. The lowest BCUT2D eigenvalue weighted by atomic mass is 10.0.